The molecule has 1 aliphatic rings. The largest absolute Gasteiger partial charge is 0.344 e. The quantitative estimate of drug-likeness (QED) is 0.921. The molecule has 120 valence electrons. The minimum absolute atomic E-state index is 0. The van der Waals surface area contributed by atoms with E-state index in [9.17, 15) is 4.79 Å². The van der Waals surface area contributed by atoms with Crippen LogP contribution in [0.4, 0.5) is 0 Å². The predicted molar refractivity (Wildman–Crippen MR) is 90.1 cm³/mol. The van der Waals surface area contributed by atoms with Crippen molar-refractivity contribution in [1.29, 1.82) is 0 Å². The van der Waals surface area contributed by atoms with E-state index in [1.807, 2.05) is 19.2 Å². The fraction of sp³-hybridized carbons (Fsp3) is 0.600. The van der Waals surface area contributed by atoms with Gasteiger partial charge in [0.25, 0.3) is 0 Å². The van der Waals surface area contributed by atoms with Gasteiger partial charge in [0.05, 0.1) is 5.54 Å². The Morgan fingerprint density at radius 2 is 1.81 bits per heavy atom. The van der Waals surface area contributed by atoms with E-state index in [0.29, 0.717) is 6.54 Å². The van der Waals surface area contributed by atoms with Gasteiger partial charge in [0, 0.05) is 26.0 Å². The fourth-order valence-electron chi connectivity index (χ4n) is 2.72. The van der Waals surface area contributed by atoms with E-state index < -0.39 is 5.54 Å². The topological polar surface area (TPSA) is 59.2 Å². The summed E-state index contributed by atoms with van der Waals surface area (Å²) in [5.41, 5.74) is 6.85. The zero-order chi connectivity index (χ0) is 13.7. The first-order valence-electron chi connectivity index (χ1n) is 7.05. The molecule has 0 radical (unpaired) electrons. The Labute approximate surface area is 139 Å². The second-order valence-electron chi connectivity index (χ2n) is 5.55. The highest BCUT2D eigenvalue weighted by Crippen LogP contribution is 2.27. The third kappa shape index (κ3) is 5.46. The molecule has 4 nitrogen and oxygen atoms in total. The number of rotatable bonds is 4. The summed E-state index contributed by atoms with van der Waals surface area (Å²) in [6.45, 7) is 0.710. The number of amides is 1. The molecule has 21 heavy (non-hydrogen) atoms. The van der Waals surface area contributed by atoms with Crippen LogP contribution in [-0.2, 0) is 11.2 Å². The van der Waals surface area contributed by atoms with E-state index in [4.69, 9.17) is 5.73 Å². The van der Waals surface area contributed by atoms with Gasteiger partial charge >= 0.3 is 0 Å². The average Bonchev–Trinajstić information content (AvgIpc) is 2.46. The number of hydrogen-bond acceptors (Lipinski definition) is 3. The van der Waals surface area contributed by atoms with Gasteiger partial charge in [0.15, 0.2) is 0 Å². The first-order valence-corrected chi connectivity index (χ1v) is 7.05. The molecule has 1 heterocycles. The third-order valence-electron chi connectivity index (χ3n) is 4.00. The Morgan fingerprint density at radius 3 is 2.38 bits per heavy atom. The molecular formula is C15H25Cl2N3O. The molecule has 1 aliphatic carbocycles. The number of aromatic nitrogens is 1. The normalized spacial score (nSPS) is 16.3. The summed E-state index contributed by atoms with van der Waals surface area (Å²) in [6.07, 6.45) is 9.40. The second-order valence-corrected chi connectivity index (χ2v) is 5.55. The van der Waals surface area contributed by atoms with Gasteiger partial charge in [0.1, 0.15) is 0 Å². The van der Waals surface area contributed by atoms with E-state index in [-0.39, 0.29) is 30.7 Å². The van der Waals surface area contributed by atoms with Crippen LogP contribution in [0.15, 0.2) is 24.5 Å². The van der Waals surface area contributed by atoms with Gasteiger partial charge in [-0.25, -0.2) is 0 Å². The van der Waals surface area contributed by atoms with Gasteiger partial charge in [-0.3, -0.25) is 9.78 Å². The number of carbonyl (C=O) groups excluding carboxylic acids is 1. The molecule has 0 aromatic carbocycles. The van der Waals surface area contributed by atoms with Crippen molar-refractivity contribution in [3.8, 4) is 0 Å². The maximum absolute atomic E-state index is 12.4. The van der Waals surface area contributed by atoms with Crippen LogP contribution in [0, 0.1) is 0 Å². The van der Waals surface area contributed by atoms with Crippen LogP contribution in [0.3, 0.4) is 0 Å². The van der Waals surface area contributed by atoms with E-state index in [1.54, 1.807) is 17.3 Å². The molecule has 1 fully saturated rings. The highest BCUT2D eigenvalue weighted by molar-refractivity contribution is 5.86. The van der Waals surface area contributed by atoms with E-state index in [2.05, 4.69) is 4.98 Å². The number of hydrogen-bond donors (Lipinski definition) is 1. The summed E-state index contributed by atoms with van der Waals surface area (Å²) in [7, 11) is 1.85. The molecule has 1 saturated carbocycles. The lowest BCUT2D eigenvalue weighted by Gasteiger charge is -2.35. The maximum atomic E-state index is 12.4. The average molecular weight is 334 g/mol. The van der Waals surface area contributed by atoms with Crippen molar-refractivity contribution in [2.24, 2.45) is 5.73 Å². The molecule has 0 aliphatic heterocycles. The van der Waals surface area contributed by atoms with E-state index in [0.717, 1.165) is 32.1 Å². The molecule has 2 N–H and O–H groups in total. The molecule has 0 saturated heterocycles. The van der Waals surface area contributed by atoms with Gasteiger partial charge in [-0.1, -0.05) is 19.3 Å². The molecule has 1 aromatic rings. The van der Waals surface area contributed by atoms with Crippen LogP contribution in [-0.4, -0.2) is 34.9 Å². The van der Waals surface area contributed by atoms with E-state index >= 15 is 0 Å². The lowest BCUT2D eigenvalue weighted by Crippen LogP contribution is -2.55. The molecule has 0 bridgehead atoms. The molecule has 6 heteroatoms. The summed E-state index contributed by atoms with van der Waals surface area (Å²) >= 11 is 0. The number of nitrogens with two attached hydrogens (primary N) is 1. The van der Waals surface area contributed by atoms with Crippen LogP contribution in [0.2, 0.25) is 0 Å². The smallest absolute Gasteiger partial charge is 0.242 e. The summed E-state index contributed by atoms with van der Waals surface area (Å²) in [5, 5.41) is 0. The minimum atomic E-state index is -0.620. The molecule has 1 amide bonds. The summed E-state index contributed by atoms with van der Waals surface area (Å²) in [6, 6.07) is 3.97. The third-order valence-corrected chi connectivity index (χ3v) is 4.00. The highest BCUT2D eigenvalue weighted by Gasteiger charge is 2.36. The van der Waals surface area contributed by atoms with Crippen LogP contribution in [0.5, 0.6) is 0 Å². The van der Waals surface area contributed by atoms with Crippen molar-refractivity contribution >= 4 is 30.7 Å². The summed E-state index contributed by atoms with van der Waals surface area (Å²) in [4.78, 5) is 18.2. The van der Waals surface area contributed by atoms with Gasteiger partial charge < -0.3 is 10.6 Å². The van der Waals surface area contributed by atoms with Crippen LogP contribution >= 0.6 is 24.8 Å². The van der Waals surface area contributed by atoms with Gasteiger partial charge in [-0.05, 0) is 37.0 Å². The molecule has 2 rings (SSSR count). The summed E-state index contributed by atoms with van der Waals surface area (Å²) < 4.78 is 0. The predicted octanol–water partition coefficient (Wildman–Crippen LogP) is 2.59. The van der Waals surface area contributed by atoms with Crippen molar-refractivity contribution < 1.29 is 4.79 Å². The van der Waals surface area contributed by atoms with Crippen molar-refractivity contribution in [3.63, 3.8) is 0 Å². The zero-order valence-electron chi connectivity index (χ0n) is 12.5. The van der Waals surface area contributed by atoms with Crippen molar-refractivity contribution in [2.75, 3.05) is 13.6 Å². The number of carbonyl (C=O) groups is 1. The zero-order valence-corrected chi connectivity index (χ0v) is 14.1. The Bertz CT molecular complexity index is 422. The van der Waals surface area contributed by atoms with Crippen LogP contribution in [0.25, 0.3) is 0 Å². The lowest BCUT2D eigenvalue weighted by atomic mass is 9.81. The van der Waals surface area contributed by atoms with Crippen LogP contribution < -0.4 is 5.73 Å². The Hall–Kier alpha value is -0.840. The highest BCUT2D eigenvalue weighted by atomic mass is 35.5. The van der Waals surface area contributed by atoms with Crippen molar-refractivity contribution in [1.82, 2.24) is 9.88 Å². The number of pyridine rings is 1. The monoisotopic (exact) mass is 333 g/mol. The second kappa shape index (κ2) is 9.23. The summed E-state index contributed by atoms with van der Waals surface area (Å²) in [5.74, 6) is 0.0984. The molecule has 1 aromatic heterocycles. The lowest BCUT2D eigenvalue weighted by molar-refractivity contribution is -0.136. The standard InChI is InChI=1S/C15H23N3O.2ClH/c1-18(12-7-13-5-10-17-11-6-13)14(19)15(16)8-3-2-4-9-15;;/h5-6,10-11H,2-4,7-9,12,16H2,1H3;2*1H. The molecular weight excluding hydrogens is 309 g/mol. The number of nitrogens with zero attached hydrogens (tertiary/aromatic N) is 2. The van der Waals surface area contributed by atoms with Gasteiger partial charge in [0.2, 0.25) is 5.91 Å². The Kier molecular flexibility index (Phi) is 8.86. The van der Waals surface area contributed by atoms with Gasteiger partial charge in [-0.2, -0.15) is 0 Å². The van der Waals surface area contributed by atoms with Crippen molar-refractivity contribution in [3.05, 3.63) is 30.1 Å². The maximum Gasteiger partial charge on any atom is 0.242 e. The van der Waals surface area contributed by atoms with E-state index in [1.165, 1.54) is 12.0 Å². The minimum Gasteiger partial charge on any atom is -0.344 e. The number of likely N-dealkylation sites (N-methyl/N-ethyl adjacent to an activating group) is 1. The van der Waals surface area contributed by atoms with Crippen LogP contribution in [0.1, 0.15) is 37.7 Å². The Morgan fingerprint density at radius 1 is 1.24 bits per heavy atom. The first-order chi connectivity index (χ1) is 9.12. The fourth-order valence-corrected chi connectivity index (χ4v) is 2.72. The molecule has 0 spiro atoms. The van der Waals surface area contributed by atoms with Gasteiger partial charge in [-0.15, -0.1) is 24.8 Å². The number of halogens is 2. The molecule has 0 unspecified atom stereocenters. The van der Waals surface area contributed by atoms with Crippen molar-refractivity contribution in [2.45, 2.75) is 44.1 Å². The molecule has 0 atom stereocenters. The SMILES string of the molecule is CN(CCc1ccncc1)C(=O)C1(N)CCCCC1.Cl.Cl. The Balaban J connectivity index is 0.00000200. The first kappa shape index (κ1) is 20.2.